The van der Waals surface area contributed by atoms with Crippen molar-refractivity contribution in [1.82, 2.24) is 0 Å². The zero-order valence-electron chi connectivity index (χ0n) is 10.5. The Hall–Kier alpha value is -2.50. The Morgan fingerprint density at radius 1 is 1.32 bits per heavy atom. The first-order valence-corrected chi connectivity index (χ1v) is 5.47. The molecule has 6 heteroatoms. The second kappa shape index (κ2) is 6.44. The second-order valence-corrected chi connectivity index (χ2v) is 3.78. The van der Waals surface area contributed by atoms with Gasteiger partial charge in [0.05, 0.1) is 12.8 Å². The maximum atomic E-state index is 10.8. The average molecular weight is 265 g/mol. The summed E-state index contributed by atoms with van der Waals surface area (Å²) >= 11 is 0. The highest BCUT2D eigenvalue weighted by Gasteiger charge is 2.18. The van der Waals surface area contributed by atoms with Gasteiger partial charge < -0.3 is 19.8 Å². The van der Waals surface area contributed by atoms with Crippen molar-refractivity contribution >= 4 is 23.7 Å². The van der Waals surface area contributed by atoms with Gasteiger partial charge in [0.2, 0.25) is 0 Å². The number of hydrogen-bond donors (Lipinski definition) is 2. The smallest absolute Gasteiger partial charge is 0.323 e. The summed E-state index contributed by atoms with van der Waals surface area (Å²) < 4.78 is 5.16. The molecule has 1 aromatic rings. The number of carboxylic acids is 2. The largest absolute Gasteiger partial charge is 0.495 e. The molecule has 0 bridgehead atoms. The van der Waals surface area contributed by atoms with Crippen LogP contribution in [-0.4, -0.2) is 42.4 Å². The quantitative estimate of drug-likeness (QED) is 0.773. The third-order valence-corrected chi connectivity index (χ3v) is 2.43. The summed E-state index contributed by atoms with van der Waals surface area (Å²) in [7, 11) is 1.44. The van der Waals surface area contributed by atoms with Crippen molar-refractivity contribution in [3.63, 3.8) is 0 Å². The number of methoxy groups -OCH3 is 1. The molecular formula is C13H15NO5. The molecule has 0 amide bonds. The molecule has 0 radical (unpaired) electrons. The molecule has 1 rings (SSSR count). The van der Waals surface area contributed by atoms with Gasteiger partial charge in [0.1, 0.15) is 18.8 Å². The van der Waals surface area contributed by atoms with Crippen LogP contribution in [0, 0.1) is 0 Å². The highest BCUT2D eigenvalue weighted by atomic mass is 16.5. The molecule has 2 N–H and O–H groups in total. The standard InChI is InChI=1S/C13H15NO5/c1-3-9-4-5-10(11(6-9)19-2)14(7-12(15)16)8-13(17)18/h3-6H,1,7-8H2,2H3,(H,15,16)(H,17,18). The predicted octanol–water partition coefficient (Wildman–Crippen LogP) is 1.31. The van der Waals surface area contributed by atoms with E-state index >= 15 is 0 Å². The summed E-state index contributed by atoms with van der Waals surface area (Å²) in [6.07, 6.45) is 1.62. The first-order chi connectivity index (χ1) is 8.97. The number of aliphatic carboxylic acids is 2. The van der Waals surface area contributed by atoms with Crippen LogP contribution in [0.3, 0.4) is 0 Å². The van der Waals surface area contributed by atoms with Gasteiger partial charge in [-0.2, -0.15) is 0 Å². The fraction of sp³-hybridized carbons (Fsp3) is 0.231. The first-order valence-electron chi connectivity index (χ1n) is 5.47. The van der Waals surface area contributed by atoms with Crippen molar-refractivity contribution in [3.05, 3.63) is 30.3 Å². The molecule has 0 spiro atoms. The van der Waals surface area contributed by atoms with E-state index in [0.717, 1.165) is 5.56 Å². The van der Waals surface area contributed by atoms with Gasteiger partial charge in [-0.3, -0.25) is 9.59 Å². The molecule has 0 saturated carbocycles. The van der Waals surface area contributed by atoms with E-state index in [-0.39, 0.29) is 0 Å². The maximum absolute atomic E-state index is 10.8. The molecule has 0 aliphatic rings. The van der Waals surface area contributed by atoms with Crippen LogP contribution in [0.1, 0.15) is 5.56 Å². The lowest BCUT2D eigenvalue weighted by atomic mass is 10.1. The Labute approximate surface area is 110 Å². The molecule has 0 aliphatic carbocycles. The Bertz CT molecular complexity index is 482. The molecule has 0 heterocycles. The van der Waals surface area contributed by atoms with E-state index in [1.54, 1.807) is 24.3 Å². The van der Waals surface area contributed by atoms with Gasteiger partial charge >= 0.3 is 11.9 Å². The minimum Gasteiger partial charge on any atom is -0.495 e. The molecule has 102 valence electrons. The monoisotopic (exact) mass is 265 g/mol. The Morgan fingerprint density at radius 2 is 1.89 bits per heavy atom. The summed E-state index contributed by atoms with van der Waals surface area (Å²) in [5, 5.41) is 17.7. The highest BCUT2D eigenvalue weighted by molar-refractivity contribution is 5.81. The summed E-state index contributed by atoms with van der Waals surface area (Å²) in [5.41, 5.74) is 1.21. The molecule has 0 fully saturated rings. The Balaban J connectivity index is 3.16. The second-order valence-electron chi connectivity index (χ2n) is 3.78. The molecule has 0 atom stereocenters. The number of carbonyl (C=O) groups is 2. The van der Waals surface area contributed by atoms with Crippen molar-refractivity contribution < 1.29 is 24.5 Å². The van der Waals surface area contributed by atoms with E-state index in [1.165, 1.54) is 12.0 Å². The number of rotatable bonds is 7. The Kier molecular flexibility index (Phi) is 4.93. The molecule has 1 aromatic carbocycles. The number of benzene rings is 1. The number of carboxylic acid groups (broad SMARTS) is 2. The van der Waals surface area contributed by atoms with Gasteiger partial charge in [-0.1, -0.05) is 18.7 Å². The normalized spacial score (nSPS) is 9.74. The van der Waals surface area contributed by atoms with E-state index in [9.17, 15) is 9.59 Å². The van der Waals surface area contributed by atoms with Gasteiger partial charge in [0, 0.05) is 0 Å². The molecule has 0 aromatic heterocycles. The molecular weight excluding hydrogens is 250 g/mol. The summed E-state index contributed by atoms with van der Waals surface area (Å²) in [5.74, 6) is -1.83. The zero-order valence-corrected chi connectivity index (χ0v) is 10.5. The van der Waals surface area contributed by atoms with Crippen LogP contribution in [-0.2, 0) is 9.59 Å². The SMILES string of the molecule is C=Cc1ccc(N(CC(=O)O)CC(=O)O)c(OC)c1. The third kappa shape index (κ3) is 4.02. The average Bonchev–Trinajstić information content (AvgIpc) is 2.36. The molecule has 0 aliphatic heterocycles. The highest BCUT2D eigenvalue weighted by Crippen LogP contribution is 2.29. The number of ether oxygens (including phenoxy) is 1. The van der Waals surface area contributed by atoms with Gasteiger partial charge in [-0.15, -0.1) is 0 Å². The van der Waals surface area contributed by atoms with Crippen LogP contribution >= 0.6 is 0 Å². The van der Waals surface area contributed by atoms with Gasteiger partial charge in [0.25, 0.3) is 0 Å². The summed E-state index contributed by atoms with van der Waals surface area (Å²) in [6, 6.07) is 4.99. The van der Waals surface area contributed by atoms with Gasteiger partial charge in [-0.05, 0) is 17.7 Å². The van der Waals surface area contributed by atoms with Crippen molar-refractivity contribution in [3.8, 4) is 5.75 Å². The van der Waals surface area contributed by atoms with E-state index in [2.05, 4.69) is 6.58 Å². The van der Waals surface area contributed by atoms with Crippen molar-refractivity contribution in [1.29, 1.82) is 0 Å². The fourth-order valence-electron chi connectivity index (χ4n) is 1.64. The lowest BCUT2D eigenvalue weighted by molar-refractivity contribution is -0.136. The maximum Gasteiger partial charge on any atom is 0.323 e. The lowest BCUT2D eigenvalue weighted by Crippen LogP contribution is -2.34. The van der Waals surface area contributed by atoms with Crippen molar-refractivity contribution in [2.45, 2.75) is 0 Å². The van der Waals surface area contributed by atoms with Crippen LogP contribution in [0.4, 0.5) is 5.69 Å². The minimum atomic E-state index is -1.11. The molecule has 0 saturated heterocycles. The number of nitrogens with zero attached hydrogens (tertiary/aromatic N) is 1. The zero-order chi connectivity index (χ0) is 14.4. The predicted molar refractivity (Wildman–Crippen MR) is 70.6 cm³/mol. The van der Waals surface area contributed by atoms with E-state index in [1.807, 2.05) is 0 Å². The van der Waals surface area contributed by atoms with Crippen LogP contribution in [0.15, 0.2) is 24.8 Å². The minimum absolute atomic E-state index is 0.403. The van der Waals surface area contributed by atoms with E-state index in [4.69, 9.17) is 14.9 Å². The first kappa shape index (κ1) is 14.6. The summed E-state index contributed by atoms with van der Waals surface area (Å²) in [4.78, 5) is 22.8. The Morgan fingerprint density at radius 3 is 2.32 bits per heavy atom. The van der Waals surface area contributed by atoms with Crippen molar-refractivity contribution in [2.75, 3.05) is 25.1 Å². The fourth-order valence-corrected chi connectivity index (χ4v) is 1.64. The van der Waals surface area contributed by atoms with Crippen LogP contribution in [0.25, 0.3) is 6.08 Å². The van der Waals surface area contributed by atoms with E-state index < -0.39 is 25.0 Å². The number of anilines is 1. The van der Waals surface area contributed by atoms with Crippen molar-refractivity contribution in [2.24, 2.45) is 0 Å². The lowest BCUT2D eigenvalue weighted by Gasteiger charge is -2.23. The van der Waals surface area contributed by atoms with Crippen LogP contribution in [0.2, 0.25) is 0 Å². The molecule has 0 unspecified atom stereocenters. The van der Waals surface area contributed by atoms with E-state index in [0.29, 0.717) is 11.4 Å². The molecule has 6 nitrogen and oxygen atoms in total. The third-order valence-electron chi connectivity index (χ3n) is 2.43. The van der Waals surface area contributed by atoms with Gasteiger partial charge in [-0.25, -0.2) is 0 Å². The summed E-state index contributed by atoms with van der Waals surface area (Å²) in [6.45, 7) is 2.78. The number of hydrogen-bond acceptors (Lipinski definition) is 4. The molecule has 19 heavy (non-hydrogen) atoms. The van der Waals surface area contributed by atoms with Gasteiger partial charge in [0.15, 0.2) is 0 Å². The van der Waals surface area contributed by atoms with Crippen LogP contribution in [0.5, 0.6) is 5.75 Å². The topological polar surface area (TPSA) is 87.1 Å². The van der Waals surface area contributed by atoms with Crippen LogP contribution < -0.4 is 9.64 Å².